The molecule has 0 unspecified atom stereocenters. The fourth-order valence-electron chi connectivity index (χ4n) is 0.554. The maximum atomic E-state index is 10.6. The summed E-state index contributed by atoms with van der Waals surface area (Å²) < 4.78 is 4.70. The van der Waals surface area contributed by atoms with Gasteiger partial charge in [-0.25, -0.2) is 0 Å². The van der Waals surface area contributed by atoms with Crippen LogP contribution in [0.4, 0.5) is 0 Å². The predicted molar refractivity (Wildman–Crippen MR) is 36.4 cm³/mol. The average molecular weight is 122 g/mol. The molecule has 0 heterocycles. The summed E-state index contributed by atoms with van der Waals surface area (Å²) in [5.41, 5.74) is 0. The topological polar surface area (TPSA) is 26.3 Å². The summed E-state index contributed by atoms with van der Waals surface area (Å²) in [5, 5.41) is 1.05. The number of hydrogen-bond donors (Lipinski definition) is 0. The van der Waals surface area contributed by atoms with Crippen molar-refractivity contribution in [2.75, 3.05) is 6.61 Å². The van der Waals surface area contributed by atoms with Crippen molar-refractivity contribution in [2.24, 2.45) is 0 Å². The van der Waals surface area contributed by atoms with Crippen molar-refractivity contribution in [1.29, 1.82) is 0 Å². The molecule has 0 aliphatic carbocycles. The number of ether oxygens (including phenoxy) is 1. The number of carbonyl (C=O) groups excluding carboxylic acids is 1. The van der Waals surface area contributed by atoms with Crippen LogP contribution in [0, 0.1) is 0 Å². The zero-order valence-corrected chi connectivity index (χ0v) is 6.14. The van der Waals surface area contributed by atoms with E-state index in [4.69, 9.17) is 4.74 Å². The van der Waals surface area contributed by atoms with E-state index < -0.39 is 0 Å². The van der Waals surface area contributed by atoms with E-state index >= 15 is 0 Å². The van der Waals surface area contributed by atoms with Gasteiger partial charge in [0.2, 0.25) is 0 Å². The van der Waals surface area contributed by atoms with Gasteiger partial charge in [0.25, 0.3) is 0 Å². The molecule has 0 rings (SSSR count). The van der Waals surface area contributed by atoms with Crippen LogP contribution in [-0.4, -0.2) is 30.3 Å². The van der Waals surface area contributed by atoms with Gasteiger partial charge in [0.05, 0.1) is 0 Å². The SMILES string of the molecule is [Li][CH2]CCC(=O)OCC. The first-order valence-corrected chi connectivity index (χ1v) is 3.46. The van der Waals surface area contributed by atoms with Crippen LogP contribution in [0.5, 0.6) is 0 Å². The molecule has 0 spiro atoms. The molecule has 0 radical (unpaired) electrons. The zero-order valence-electron chi connectivity index (χ0n) is 6.14. The number of rotatable bonds is 4. The van der Waals surface area contributed by atoms with Gasteiger partial charge in [-0.3, -0.25) is 0 Å². The number of carbonyl (C=O) groups is 1. The van der Waals surface area contributed by atoms with Crippen molar-refractivity contribution in [3.8, 4) is 0 Å². The van der Waals surface area contributed by atoms with E-state index in [0.29, 0.717) is 13.0 Å². The van der Waals surface area contributed by atoms with Gasteiger partial charge in [-0.1, -0.05) is 0 Å². The van der Waals surface area contributed by atoms with Crippen LogP contribution < -0.4 is 0 Å². The molecular formula is C6H11LiO2. The first-order chi connectivity index (χ1) is 4.31. The molecular weight excluding hydrogens is 111 g/mol. The molecule has 0 aromatic carbocycles. The third-order valence-electron chi connectivity index (χ3n) is 1.04. The fourth-order valence-corrected chi connectivity index (χ4v) is 0.554. The Hall–Kier alpha value is 0.0674. The van der Waals surface area contributed by atoms with Crippen LogP contribution in [0.25, 0.3) is 0 Å². The minimum absolute atomic E-state index is 0.0700. The van der Waals surface area contributed by atoms with Gasteiger partial charge in [0.15, 0.2) is 0 Å². The standard InChI is InChI=1S/C6H11O2.Li/c1-3-5-6(7)8-4-2;/h1,3-5H2,2H3;. The molecule has 0 aromatic rings. The third kappa shape index (κ3) is 5.95. The molecule has 3 heteroatoms. The van der Waals surface area contributed by atoms with Crippen molar-refractivity contribution < 1.29 is 9.53 Å². The van der Waals surface area contributed by atoms with Gasteiger partial charge in [-0.2, -0.15) is 0 Å². The number of esters is 1. The summed E-state index contributed by atoms with van der Waals surface area (Å²) >= 11 is 2.05. The molecule has 0 atom stereocenters. The third-order valence-corrected chi connectivity index (χ3v) is 1.04. The molecule has 48 valence electrons. The van der Waals surface area contributed by atoms with E-state index in [9.17, 15) is 4.79 Å². The van der Waals surface area contributed by atoms with Gasteiger partial charge < -0.3 is 0 Å². The van der Waals surface area contributed by atoms with Crippen molar-refractivity contribution in [1.82, 2.24) is 0 Å². The van der Waals surface area contributed by atoms with Crippen molar-refractivity contribution in [2.45, 2.75) is 24.9 Å². The van der Waals surface area contributed by atoms with Gasteiger partial charge in [-0.05, 0) is 0 Å². The van der Waals surface area contributed by atoms with Gasteiger partial charge in [0, 0.05) is 0 Å². The van der Waals surface area contributed by atoms with Crippen LogP contribution in [-0.2, 0) is 9.53 Å². The van der Waals surface area contributed by atoms with Gasteiger partial charge >= 0.3 is 64.7 Å². The van der Waals surface area contributed by atoms with Crippen LogP contribution in [0.15, 0.2) is 0 Å². The maximum absolute atomic E-state index is 10.6. The van der Waals surface area contributed by atoms with E-state index in [2.05, 4.69) is 17.7 Å². The van der Waals surface area contributed by atoms with Crippen LogP contribution in [0.2, 0.25) is 5.09 Å². The Morgan fingerprint density at radius 3 is 2.78 bits per heavy atom. The summed E-state index contributed by atoms with van der Waals surface area (Å²) in [5.74, 6) is -0.0700. The van der Waals surface area contributed by atoms with Gasteiger partial charge in [-0.15, -0.1) is 0 Å². The quantitative estimate of drug-likeness (QED) is 0.409. The summed E-state index contributed by atoms with van der Waals surface area (Å²) in [7, 11) is 0. The monoisotopic (exact) mass is 122 g/mol. The van der Waals surface area contributed by atoms with E-state index in [1.165, 1.54) is 0 Å². The molecule has 0 saturated heterocycles. The summed E-state index contributed by atoms with van der Waals surface area (Å²) in [6.45, 7) is 2.33. The zero-order chi connectivity index (χ0) is 7.11. The number of hydrogen-bond acceptors (Lipinski definition) is 2. The molecule has 0 aromatic heterocycles. The molecule has 0 fully saturated rings. The Morgan fingerprint density at radius 2 is 2.33 bits per heavy atom. The first kappa shape index (κ1) is 9.07. The van der Waals surface area contributed by atoms with Crippen molar-refractivity contribution in [3.63, 3.8) is 0 Å². The minimum atomic E-state index is -0.0700. The average Bonchev–Trinajstić information content (AvgIpc) is 1.85. The van der Waals surface area contributed by atoms with E-state index in [1.54, 1.807) is 0 Å². The molecule has 0 aliphatic heterocycles. The molecule has 0 bridgehead atoms. The van der Waals surface area contributed by atoms with Crippen molar-refractivity contribution in [3.05, 3.63) is 0 Å². The summed E-state index contributed by atoms with van der Waals surface area (Å²) in [6.07, 6.45) is 1.52. The summed E-state index contributed by atoms with van der Waals surface area (Å²) in [4.78, 5) is 10.6. The second-order valence-electron chi connectivity index (χ2n) is 1.91. The summed E-state index contributed by atoms with van der Waals surface area (Å²) in [6, 6.07) is 0. The second kappa shape index (κ2) is 6.19. The Balaban J connectivity index is 3.06. The Labute approximate surface area is 65.2 Å². The molecule has 9 heavy (non-hydrogen) atoms. The van der Waals surface area contributed by atoms with Gasteiger partial charge in [0.1, 0.15) is 0 Å². The Morgan fingerprint density at radius 1 is 1.67 bits per heavy atom. The molecule has 0 aliphatic rings. The molecule has 0 N–H and O–H groups in total. The predicted octanol–water partition coefficient (Wildman–Crippen LogP) is 0.916. The second-order valence-corrected chi connectivity index (χ2v) is 1.91. The van der Waals surface area contributed by atoms with E-state index in [1.807, 2.05) is 6.92 Å². The van der Waals surface area contributed by atoms with E-state index in [-0.39, 0.29) is 5.97 Å². The fraction of sp³-hybridized carbons (Fsp3) is 0.833. The first-order valence-electron chi connectivity index (χ1n) is 3.46. The molecule has 0 saturated carbocycles. The van der Waals surface area contributed by atoms with E-state index in [0.717, 1.165) is 11.5 Å². The molecule has 2 nitrogen and oxygen atoms in total. The van der Waals surface area contributed by atoms with Crippen LogP contribution in [0.1, 0.15) is 19.8 Å². The van der Waals surface area contributed by atoms with Crippen LogP contribution >= 0.6 is 0 Å². The molecule has 0 amide bonds. The normalized spacial score (nSPS) is 9.22. The van der Waals surface area contributed by atoms with Crippen LogP contribution in [0.3, 0.4) is 0 Å². The van der Waals surface area contributed by atoms with Crippen molar-refractivity contribution >= 4 is 23.7 Å². The Bertz CT molecular complexity index is 83.1. The Kier molecular flexibility index (Phi) is 6.24.